The van der Waals surface area contributed by atoms with Crippen molar-refractivity contribution in [1.82, 2.24) is 9.88 Å². The van der Waals surface area contributed by atoms with Gasteiger partial charge in [0.2, 0.25) is 0 Å². The van der Waals surface area contributed by atoms with Crippen LogP contribution in [0.5, 0.6) is 0 Å². The molecule has 1 aromatic heterocycles. The first-order chi connectivity index (χ1) is 9.75. The Balaban J connectivity index is 1.88. The smallest absolute Gasteiger partial charge is 0.255 e. The van der Waals surface area contributed by atoms with Gasteiger partial charge in [-0.25, -0.2) is 0 Å². The molecule has 2 heterocycles. The van der Waals surface area contributed by atoms with E-state index in [0.29, 0.717) is 17.1 Å². The van der Waals surface area contributed by atoms with Gasteiger partial charge < -0.3 is 4.90 Å². The summed E-state index contributed by atoms with van der Waals surface area (Å²) in [6.45, 7) is 1.40. The van der Waals surface area contributed by atoms with Crippen molar-refractivity contribution >= 4 is 17.5 Å². The van der Waals surface area contributed by atoms with Crippen molar-refractivity contribution in [3.8, 4) is 0 Å². The van der Waals surface area contributed by atoms with E-state index in [1.165, 1.54) is 17.3 Å². The number of fused-ring (bicyclic) bond motifs is 1. The molecule has 4 heteroatoms. The number of carbonyl (C=O) groups is 1. The molecule has 0 radical (unpaired) electrons. The summed E-state index contributed by atoms with van der Waals surface area (Å²) in [5.41, 5.74) is 3.09. The number of pyridine rings is 1. The zero-order valence-corrected chi connectivity index (χ0v) is 11.8. The highest BCUT2D eigenvalue weighted by Gasteiger charge is 2.21. The summed E-state index contributed by atoms with van der Waals surface area (Å²) in [6, 6.07) is 9.99. The monoisotopic (exact) mass is 286 g/mol. The third-order valence-corrected chi connectivity index (χ3v) is 3.94. The first-order valence-electron chi connectivity index (χ1n) is 6.71. The Morgan fingerprint density at radius 3 is 2.80 bits per heavy atom. The number of benzene rings is 1. The summed E-state index contributed by atoms with van der Waals surface area (Å²) in [5, 5.41) is 0.412. The number of nitrogens with zero attached hydrogens (tertiary/aromatic N) is 2. The second-order valence-electron chi connectivity index (χ2n) is 4.95. The van der Waals surface area contributed by atoms with Crippen molar-refractivity contribution in [1.29, 1.82) is 0 Å². The van der Waals surface area contributed by atoms with Crippen molar-refractivity contribution in [3.63, 3.8) is 0 Å². The Kier molecular flexibility index (Phi) is 3.70. The summed E-state index contributed by atoms with van der Waals surface area (Å²) >= 11 is 6.07. The van der Waals surface area contributed by atoms with E-state index < -0.39 is 0 Å². The standard InChI is InChI=1S/C16H15ClN2O/c17-15-10-18-8-7-14(15)16(20)19-9-3-6-12-4-1-2-5-13(12)11-19/h1-2,4-5,7-8,10H,3,6,9,11H2. The number of amides is 1. The first kappa shape index (κ1) is 13.1. The molecule has 0 fully saturated rings. The second-order valence-corrected chi connectivity index (χ2v) is 5.36. The molecule has 1 aromatic carbocycles. The molecule has 2 aromatic rings. The largest absolute Gasteiger partial charge is 0.334 e. The third kappa shape index (κ3) is 2.54. The van der Waals surface area contributed by atoms with Gasteiger partial charge in [0.15, 0.2) is 0 Å². The topological polar surface area (TPSA) is 33.2 Å². The summed E-state index contributed by atoms with van der Waals surface area (Å²) in [5.74, 6) is -0.0193. The third-order valence-electron chi connectivity index (χ3n) is 3.64. The SMILES string of the molecule is O=C(c1ccncc1Cl)N1CCCc2ccccc2C1. The molecule has 3 rings (SSSR count). The lowest BCUT2D eigenvalue weighted by molar-refractivity contribution is 0.0746. The molecule has 20 heavy (non-hydrogen) atoms. The van der Waals surface area contributed by atoms with Crippen LogP contribution in [0.1, 0.15) is 27.9 Å². The summed E-state index contributed by atoms with van der Waals surface area (Å²) < 4.78 is 0. The molecule has 3 nitrogen and oxygen atoms in total. The van der Waals surface area contributed by atoms with Crippen molar-refractivity contribution in [2.24, 2.45) is 0 Å². The predicted octanol–water partition coefficient (Wildman–Crippen LogP) is 3.32. The quantitative estimate of drug-likeness (QED) is 0.806. The van der Waals surface area contributed by atoms with Gasteiger partial charge in [-0.15, -0.1) is 0 Å². The van der Waals surface area contributed by atoms with Crippen LogP contribution in [0.4, 0.5) is 0 Å². The normalized spacial score (nSPS) is 14.6. The minimum absolute atomic E-state index is 0.0193. The van der Waals surface area contributed by atoms with E-state index in [4.69, 9.17) is 11.6 Å². The first-order valence-corrected chi connectivity index (χ1v) is 7.09. The maximum absolute atomic E-state index is 12.6. The van der Waals surface area contributed by atoms with Gasteiger partial charge in [-0.05, 0) is 30.0 Å². The number of halogens is 1. The molecule has 102 valence electrons. The Bertz CT molecular complexity index is 642. The fourth-order valence-corrected chi connectivity index (χ4v) is 2.79. The number of hydrogen-bond acceptors (Lipinski definition) is 2. The lowest BCUT2D eigenvalue weighted by atomic mass is 10.0. The van der Waals surface area contributed by atoms with Crippen LogP contribution in [0.25, 0.3) is 0 Å². The van der Waals surface area contributed by atoms with E-state index >= 15 is 0 Å². The number of carbonyl (C=O) groups excluding carboxylic acids is 1. The Hall–Kier alpha value is -1.87. The van der Waals surface area contributed by atoms with E-state index in [-0.39, 0.29) is 5.91 Å². The van der Waals surface area contributed by atoms with Gasteiger partial charge in [-0.2, -0.15) is 0 Å². The average molecular weight is 287 g/mol. The van der Waals surface area contributed by atoms with Crippen molar-refractivity contribution in [3.05, 3.63) is 64.4 Å². The van der Waals surface area contributed by atoms with Crippen molar-refractivity contribution in [2.75, 3.05) is 6.54 Å². The molecule has 0 spiro atoms. The van der Waals surface area contributed by atoms with Crippen LogP contribution in [0.15, 0.2) is 42.7 Å². The van der Waals surface area contributed by atoms with Gasteiger partial charge in [0.1, 0.15) is 0 Å². The molecule has 0 saturated carbocycles. The zero-order chi connectivity index (χ0) is 13.9. The maximum atomic E-state index is 12.6. The molecule has 0 bridgehead atoms. The molecule has 1 amide bonds. The highest BCUT2D eigenvalue weighted by atomic mass is 35.5. The molecule has 1 aliphatic rings. The van der Waals surface area contributed by atoms with Crippen molar-refractivity contribution < 1.29 is 4.79 Å². The molecule has 0 N–H and O–H groups in total. The molecule has 0 unspecified atom stereocenters. The summed E-state index contributed by atoms with van der Waals surface area (Å²) in [7, 11) is 0. The number of hydrogen-bond donors (Lipinski definition) is 0. The zero-order valence-electron chi connectivity index (χ0n) is 11.1. The lowest BCUT2D eigenvalue weighted by Crippen LogP contribution is -2.30. The van der Waals surface area contributed by atoms with E-state index in [2.05, 4.69) is 23.2 Å². The van der Waals surface area contributed by atoms with Crippen LogP contribution in [-0.2, 0) is 13.0 Å². The van der Waals surface area contributed by atoms with Crippen LogP contribution in [-0.4, -0.2) is 22.3 Å². The fraction of sp³-hybridized carbons (Fsp3) is 0.250. The number of aromatic nitrogens is 1. The Labute approximate surface area is 123 Å². The Morgan fingerprint density at radius 2 is 2.00 bits per heavy atom. The van der Waals surface area contributed by atoms with Gasteiger partial charge in [0.25, 0.3) is 5.91 Å². The fourth-order valence-electron chi connectivity index (χ4n) is 2.59. The molecular formula is C16H15ClN2O. The van der Waals surface area contributed by atoms with Gasteiger partial charge in [-0.3, -0.25) is 9.78 Å². The van der Waals surface area contributed by atoms with Gasteiger partial charge in [-0.1, -0.05) is 35.9 Å². The molecule has 1 aliphatic heterocycles. The van der Waals surface area contributed by atoms with Crippen LogP contribution in [0.2, 0.25) is 5.02 Å². The lowest BCUT2D eigenvalue weighted by Gasteiger charge is -2.21. The van der Waals surface area contributed by atoms with E-state index in [0.717, 1.165) is 19.4 Å². The van der Waals surface area contributed by atoms with E-state index in [1.807, 2.05) is 11.0 Å². The second kappa shape index (κ2) is 5.63. The highest BCUT2D eigenvalue weighted by Crippen LogP contribution is 2.22. The van der Waals surface area contributed by atoms with Crippen LogP contribution < -0.4 is 0 Å². The minimum atomic E-state index is -0.0193. The van der Waals surface area contributed by atoms with Gasteiger partial charge >= 0.3 is 0 Å². The summed E-state index contributed by atoms with van der Waals surface area (Å²) in [4.78, 5) is 18.4. The predicted molar refractivity (Wildman–Crippen MR) is 78.8 cm³/mol. The van der Waals surface area contributed by atoms with Gasteiger partial charge in [0, 0.05) is 25.5 Å². The van der Waals surface area contributed by atoms with Crippen LogP contribution in [0.3, 0.4) is 0 Å². The molecule has 0 saturated heterocycles. The number of aryl methyl sites for hydroxylation is 1. The minimum Gasteiger partial charge on any atom is -0.334 e. The van der Waals surface area contributed by atoms with Crippen LogP contribution in [0, 0.1) is 0 Å². The molecular weight excluding hydrogens is 272 g/mol. The highest BCUT2D eigenvalue weighted by molar-refractivity contribution is 6.33. The summed E-state index contributed by atoms with van der Waals surface area (Å²) in [6.07, 6.45) is 5.11. The maximum Gasteiger partial charge on any atom is 0.255 e. The van der Waals surface area contributed by atoms with Gasteiger partial charge in [0.05, 0.1) is 10.6 Å². The molecule has 0 aliphatic carbocycles. The van der Waals surface area contributed by atoms with Crippen molar-refractivity contribution in [2.45, 2.75) is 19.4 Å². The molecule has 0 atom stereocenters. The van der Waals surface area contributed by atoms with E-state index in [9.17, 15) is 4.79 Å². The number of rotatable bonds is 1. The average Bonchev–Trinajstić information content (AvgIpc) is 2.69. The van der Waals surface area contributed by atoms with Crippen LogP contribution >= 0.6 is 11.6 Å². The Morgan fingerprint density at radius 1 is 1.20 bits per heavy atom. The van der Waals surface area contributed by atoms with E-state index in [1.54, 1.807) is 12.3 Å².